The molecule has 0 aliphatic carbocycles. The van der Waals surface area contributed by atoms with Crippen molar-refractivity contribution < 1.29 is 9.53 Å². The van der Waals surface area contributed by atoms with Gasteiger partial charge in [0, 0.05) is 4.70 Å². The molecule has 1 aromatic heterocycles. The highest BCUT2D eigenvalue weighted by atomic mass is 32.1. The normalized spacial score (nSPS) is 13.5. The van der Waals surface area contributed by atoms with Gasteiger partial charge in [0.15, 0.2) is 0 Å². The van der Waals surface area contributed by atoms with Crippen molar-refractivity contribution in [2.75, 3.05) is 0 Å². The zero-order valence-corrected chi connectivity index (χ0v) is 12.3. The minimum Gasteiger partial charge on any atom is -0.459 e. The van der Waals surface area contributed by atoms with Gasteiger partial charge in [-0.05, 0) is 49.6 Å². The number of carbonyl (C=O) groups excluding carboxylic acids is 1. The summed E-state index contributed by atoms with van der Waals surface area (Å²) in [6, 6.07) is 7.52. The molecule has 0 aliphatic heterocycles. The van der Waals surface area contributed by atoms with Crippen LogP contribution in [0.25, 0.3) is 10.1 Å². The highest BCUT2D eigenvalue weighted by molar-refractivity contribution is 7.17. The molecule has 0 bridgehead atoms. The van der Waals surface area contributed by atoms with Gasteiger partial charge < -0.3 is 10.5 Å². The first-order chi connectivity index (χ1) is 8.87. The van der Waals surface area contributed by atoms with Gasteiger partial charge >= 0.3 is 5.97 Å². The topological polar surface area (TPSA) is 52.3 Å². The largest absolute Gasteiger partial charge is 0.459 e. The van der Waals surface area contributed by atoms with E-state index in [0.29, 0.717) is 6.42 Å². The highest BCUT2D eigenvalue weighted by Crippen LogP contribution is 2.26. The predicted octanol–water partition coefficient (Wildman–Crippen LogP) is 3.11. The van der Waals surface area contributed by atoms with E-state index < -0.39 is 11.6 Å². The molecule has 2 aromatic rings. The van der Waals surface area contributed by atoms with Crippen molar-refractivity contribution in [1.29, 1.82) is 0 Å². The van der Waals surface area contributed by atoms with Gasteiger partial charge in [0.2, 0.25) is 0 Å². The summed E-state index contributed by atoms with van der Waals surface area (Å²) in [5, 5.41) is 3.24. The van der Waals surface area contributed by atoms with Crippen molar-refractivity contribution >= 4 is 27.4 Å². The third kappa shape index (κ3) is 3.55. The van der Waals surface area contributed by atoms with Crippen molar-refractivity contribution in [1.82, 2.24) is 0 Å². The zero-order chi connectivity index (χ0) is 14.0. The van der Waals surface area contributed by atoms with Gasteiger partial charge in [-0.15, -0.1) is 11.3 Å². The van der Waals surface area contributed by atoms with Crippen LogP contribution >= 0.6 is 11.3 Å². The van der Waals surface area contributed by atoms with Gasteiger partial charge in [0.1, 0.15) is 11.6 Å². The van der Waals surface area contributed by atoms with Gasteiger partial charge in [0.05, 0.1) is 0 Å². The molecule has 0 saturated carbocycles. The van der Waals surface area contributed by atoms with Crippen LogP contribution in [0.3, 0.4) is 0 Å². The van der Waals surface area contributed by atoms with Crippen LogP contribution in [0.2, 0.25) is 0 Å². The number of hydrogen-bond donors (Lipinski definition) is 1. The number of fused-ring (bicyclic) bond motifs is 1. The maximum atomic E-state index is 11.9. The standard InChI is InChI=1S/C15H19NO2S/c1-15(2,3)18-14(17)12(16)8-10-9-19-13-7-5-4-6-11(10)13/h4-7,9,12H,8,16H2,1-3H3. The molecule has 1 aromatic carbocycles. The smallest absolute Gasteiger partial charge is 0.323 e. The molecule has 3 nitrogen and oxygen atoms in total. The van der Waals surface area contributed by atoms with E-state index in [2.05, 4.69) is 17.5 Å². The molecule has 1 atom stereocenters. The van der Waals surface area contributed by atoms with Crippen LogP contribution in [0, 0.1) is 0 Å². The van der Waals surface area contributed by atoms with E-state index in [1.54, 1.807) is 11.3 Å². The second-order valence-electron chi connectivity index (χ2n) is 5.60. The van der Waals surface area contributed by atoms with Crippen molar-refractivity contribution in [2.45, 2.75) is 38.8 Å². The van der Waals surface area contributed by atoms with E-state index in [4.69, 9.17) is 10.5 Å². The fourth-order valence-corrected chi connectivity index (χ4v) is 2.86. The number of esters is 1. The predicted molar refractivity (Wildman–Crippen MR) is 79.3 cm³/mol. The average Bonchev–Trinajstić information content (AvgIpc) is 2.70. The fourth-order valence-electron chi connectivity index (χ4n) is 1.89. The molecule has 0 aliphatic rings. The molecular formula is C15H19NO2S. The Bertz CT molecular complexity index is 583. The fraction of sp³-hybridized carbons (Fsp3) is 0.400. The summed E-state index contributed by atoms with van der Waals surface area (Å²) >= 11 is 1.67. The molecule has 0 spiro atoms. The number of benzene rings is 1. The Morgan fingerprint density at radius 1 is 1.37 bits per heavy atom. The monoisotopic (exact) mass is 277 g/mol. The second kappa shape index (κ2) is 5.31. The molecule has 4 heteroatoms. The van der Waals surface area contributed by atoms with Gasteiger partial charge in [-0.2, -0.15) is 0 Å². The molecule has 2 N–H and O–H groups in total. The van der Waals surface area contributed by atoms with Gasteiger partial charge in [-0.3, -0.25) is 4.79 Å². The lowest BCUT2D eigenvalue weighted by Gasteiger charge is -2.22. The summed E-state index contributed by atoms with van der Waals surface area (Å²) in [5.74, 6) is -0.345. The molecule has 0 fully saturated rings. The first-order valence-electron chi connectivity index (χ1n) is 6.30. The molecule has 1 unspecified atom stereocenters. The van der Waals surface area contributed by atoms with Gasteiger partial charge in [-0.1, -0.05) is 18.2 Å². The number of rotatable bonds is 3. The van der Waals surface area contributed by atoms with Crippen LogP contribution in [0.1, 0.15) is 26.3 Å². The summed E-state index contributed by atoms with van der Waals surface area (Å²) in [7, 11) is 0. The summed E-state index contributed by atoms with van der Waals surface area (Å²) < 4.78 is 6.52. The number of carbonyl (C=O) groups is 1. The SMILES string of the molecule is CC(C)(C)OC(=O)C(N)Cc1csc2ccccc12. The zero-order valence-electron chi connectivity index (χ0n) is 11.5. The van der Waals surface area contributed by atoms with Gasteiger partial charge in [0.25, 0.3) is 0 Å². The van der Waals surface area contributed by atoms with Crippen LogP contribution in [0.4, 0.5) is 0 Å². The van der Waals surface area contributed by atoms with E-state index in [0.717, 1.165) is 5.56 Å². The lowest BCUT2D eigenvalue weighted by molar-refractivity contribution is -0.156. The second-order valence-corrected chi connectivity index (χ2v) is 6.51. The molecular weight excluding hydrogens is 258 g/mol. The van der Waals surface area contributed by atoms with E-state index >= 15 is 0 Å². The number of hydrogen-bond acceptors (Lipinski definition) is 4. The molecule has 0 amide bonds. The van der Waals surface area contributed by atoms with E-state index in [1.165, 1.54) is 10.1 Å². The first-order valence-corrected chi connectivity index (χ1v) is 7.18. The van der Waals surface area contributed by atoms with Crippen molar-refractivity contribution in [3.8, 4) is 0 Å². The Balaban J connectivity index is 2.10. The molecule has 0 saturated heterocycles. The van der Waals surface area contributed by atoms with Crippen molar-refractivity contribution in [2.24, 2.45) is 5.73 Å². The molecule has 0 radical (unpaired) electrons. The number of ether oxygens (including phenoxy) is 1. The Kier molecular flexibility index (Phi) is 3.92. The third-order valence-electron chi connectivity index (χ3n) is 2.71. The maximum absolute atomic E-state index is 11.9. The summed E-state index contributed by atoms with van der Waals surface area (Å²) in [4.78, 5) is 11.9. The van der Waals surface area contributed by atoms with Crippen LogP contribution < -0.4 is 5.73 Å². The van der Waals surface area contributed by atoms with E-state index in [-0.39, 0.29) is 5.97 Å². The molecule has 19 heavy (non-hydrogen) atoms. The number of nitrogens with two attached hydrogens (primary N) is 1. The summed E-state index contributed by atoms with van der Waals surface area (Å²) in [5.41, 5.74) is 6.55. The van der Waals surface area contributed by atoms with E-state index in [1.807, 2.05) is 32.9 Å². The van der Waals surface area contributed by atoms with E-state index in [9.17, 15) is 4.79 Å². The van der Waals surface area contributed by atoms with Crippen LogP contribution in [-0.2, 0) is 16.0 Å². The highest BCUT2D eigenvalue weighted by Gasteiger charge is 2.23. The average molecular weight is 277 g/mol. The molecule has 102 valence electrons. The Hall–Kier alpha value is -1.39. The first kappa shape index (κ1) is 14.0. The quantitative estimate of drug-likeness (QED) is 0.877. The summed E-state index contributed by atoms with van der Waals surface area (Å²) in [6.07, 6.45) is 0.513. The maximum Gasteiger partial charge on any atom is 0.323 e. The lowest BCUT2D eigenvalue weighted by atomic mass is 10.1. The van der Waals surface area contributed by atoms with Crippen LogP contribution in [0.5, 0.6) is 0 Å². The minimum atomic E-state index is -0.614. The number of thiophene rings is 1. The van der Waals surface area contributed by atoms with Gasteiger partial charge in [-0.25, -0.2) is 0 Å². The molecule has 2 rings (SSSR count). The van der Waals surface area contributed by atoms with Crippen LogP contribution in [0.15, 0.2) is 29.6 Å². The lowest BCUT2D eigenvalue weighted by Crippen LogP contribution is -2.38. The molecule has 1 heterocycles. The minimum absolute atomic E-state index is 0.345. The Morgan fingerprint density at radius 3 is 2.74 bits per heavy atom. The third-order valence-corrected chi connectivity index (χ3v) is 3.72. The van der Waals surface area contributed by atoms with Crippen LogP contribution in [-0.4, -0.2) is 17.6 Å². The Morgan fingerprint density at radius 2 is 2.05 bits per heavy atom. The summed E-state index contributed by atoms with van der Waals surface area (Å²) in [6.45, 7) is 5.53. The Labute approximate surface area is 117 Å². The van der Waals surface area contributed by atoms with Crippen molar-refractivity contribution in [3.63, 3.8) is 0 Å². The van der Waals surface area contributed by atoms with Crippen molar-refractivity contribution in [3.05, 3.63) is 35.2 Å².